The van der Waals surface area contributed by atoms with Crippen LogP contribution in [0.4, 0.5) is 4.39 Å². The largest absolute Gasteiger partial charge is 0.491 e. The lowest BCUT2D eigenvalue weighted by Gasteiger charge is -2.03. The van der Waals surface area contributed by atoms with Gasteiger partial charge in [0.2, 0.25) is 0 Å². The summed E-state index contributed by atoms with van der Waals surface area (Å²) < 4.78 is 13.0. The van der Waals surface area contributed by atoms with E-state index in [4.69, 9.17) is 33.2 Å². The minimum atomic E-state index is -1.88. The van der Waals surface area contributed by atoms with Crippen molar-refractivity contribution in [2.24, 2.45) is 0 Å². The molecule has 1 rings (SSSR count). The second-order valence-electron chi connectivity index (χ2n) is 2.14. The Kier molecular flexibility index (Phi) is 2.96. The van der Waals surface area contributed by atoms with E-state index in [1.165, 1.54) is 6.07 Å². The lowest BCUT2D eigenvalue weighted by atomic mass is 9.80. The average molecular weight is 209 g/mol. The molecule has 0 atom stereocenters. The highest BCUT2D eigenvalue weighted by Crippen LogP contribution is 2.22. The predicted octanol–water partition coefficient (Wildman–Crippen LogP) is 0.812. The second-order valence-corrected chi connectivity index (χ2v) is 2.92. The molecule has 0 aliphatic heterocycles. The molecule has 0 unspecified atom stereocenters. The zero-order valence-electron chi connectivity index (χ0n) is 5.76. The maximum atomic E-state index is 13.0. The lowest BCUT2D eigenvalue weighted by molar-refractivity contribution is 0.423. The van der Waals surface area contributed by atoms with E-state index in [0.29, 0.717) is 0 Å². The summed E-state index contributed by atoms with van der Waals surface area (Å²) in [6.07, 6.45) is 0. The summed E-state index contributed by atoms with van der Waals surface area (Å²) in [4.78, 5) is 0. The van der Waals surface area contributed by atoms with Crippen LogP contribution >= 0.6 is 23.2 Å². The third kappa shape index (κ3) is 1.72. The maximum absolute atomic E-state index is 13.0. The molecule has 0 aromatic heterocycles. The van der Waals surface area contributed by atoms with Crippen molar-refractivity contribution >= 4 is 35.8 Å². The molecule has 2 nitrogen and oxygen atoms in total. The van der Waals surface area contributed by atoms with E-state index in [1.807, 2.05) is 0 Å². The number of rotatable bonds is 1. The van der Waals surface area contributed by atoms with Crippen LogP contribution in [0.5, 0.6) is 0 Å². The fourth-order valence-corrected chi connectivity index (χ4v) is 1.06. The van der Waals surface area contributed by atoms with Gasteiger partial charge in [0, 0.05) is 5.46 Å². The lowest BCUT2D eigenvalue weighted by Crippen LogP contribution is -2.32. The standard InChI is InChI=1S/C6H4BCl2FO2/c8-4-2-1-3(7(11)12)6(10)5(4)9/h1-2,11-12H. The molecule has 2 N–H and O–H groups in total. The molecule has 0 amide bonds. The Morgan fingerprint density at radius 1 is 1.25 bits per heavy atom. The predicted molar refractivity (Wildman–Crippen MR) is 46.2 cm³/mol. The quantitative estimate of drug-likeness (QED) is 0.530. The van der Waals surface area contributed by atoms with Crippen molar-refractivity contribution in [3.05, 3.63) is 28.0 Å². The van der Waals surface area contributed by atoms with Gasteiger partial charge in [-0.3, -0.25) is 0 Å². The zero-order valence-corrected chi connectivity index (χ0v) is 7.27. The highest BCUT2D eigenvalue weighted by Gasteiger charge is 2.19. The van der Waals surface area contributed by atoms with Crippen LogP contribution < -0.4 is 5.46 Å². The van der Waals surface area contributed by atoms with Gasteiger partial charge in [-0.15, -0.1) is 0 Å². The Balaban J connectivity index is 3.27. The fraction of sp³-hybridized carbons (Fsp3) is 0. The first-order valence-electron chi connectivity index (χ1n) is 3.03. The molecular weight excluding hydrogens is 205 g/mol. The average Bonchev–Trinajstić information content (AvgIpc) is 2.00. The van der Waals surface area contributed by atoms with Crippen molar-refractivity contribution in [2.45, 2.75) is 0 Å². The van der Waals surface area contributed by atoms with Crippen LogP contribution in [0.2, 0.25) is 10.0 Å². The van der Waals surface area contributed by atoms with Crippen LogP contribution in [0.3, 0.4) is 0 Å². The molecule has 0 saturated heterocycles. The molecule has 0 heterocycles. The SMILES string of the molecule is OB(O)c1ccc(Cl)c(Cl)c1F. The van der Waals surface area contributed by atoms with Gasteiger partial charge in [0.25, 0.3) is 0 Å². The molecule has 1 aromatic carbocycles. The van der Waals surface area contributed by atoms with Gasteiger partial charge in [-0.05, 0) is 6.07 Å². The Morgan fingerprint density at radius 2 is 1.83 bits per heavy atom. The van der Waals surface area contributed by atoms with Crippen LogP contribution in [-0.2, 0) is 0 Å². The van der Waals surface area contributed by atoms with Gasteiger partial charge in [-0.1, -0.05) is 29.3 Å². The minimum Gasteiger partial charge on any atom is -0.423 e. The van der Waals surface area contributed by atoms with Crippen LogP contribution in [0.15, 0.2) is 12.1 Å². The molecule has 0 spiro atoms. The Morgan fingerprint density at radius 3 is 2.33 bits per heavy atom. The van der Waals surface area contributed by atoms with Crippen LogP contribution in [-0.4, -0.2) is 17.2 Å². The van der Waals surface area contributed by atoms with Crippen molar-refractivity contribution in [1.82, 2.24) is 0 Å². The Hall–Kier alpha value is -0.285. The van der Waals surface area contributed by atoms with E-state index in [-0.39, 0.29) is 15.5 Å². The molecule has 0 fully saturated rings. The molecule has 0 aliphatic rings. The van der Waals surface area contributed by atoms with Gasteiger partial charge >= 0.3 is 7.12 Å². The molecular formula is C6H4BCl2FO2. The third-order valence-corrected chi connectivity index (χ3v) is 2.12. The van der Waals surface area contributed by atoms with Gasteiger partial charge in [-0.2, -0.15) is 0 Å². The van der Waals surface area contributed by atoms with Crippen molar-refractivity contribution in [3.63, 3.8) is 0 Å². The summed E-state index contributed by atoms with van der Waals surface area (Å²) in [5.41, 5.74) is -0.288. The number of halogens is 3. The topological polar surface area (TPSA) is 40.5 Å². The molecule has 64 valence electrons. The third-order valence-electron chi connectivity index (χ3n) is 1.34. The fourth-order valence-electron chi connectivity index (χ4n) is 0.740. The van der Waals surface area contributed by atoms with Crippen LogP contribution in [0.25, 0.3) is 0 Å². The van der Waals surface area contributed by atoms with Crippen molar-refractivity contribution < 1.29 is 14.4 Å². The van der Waals surface area contributed by atoms with E-state index in [1.54, 1.807) is 0 Å². The first-order valence-corrected chi connectivity index (χ1v) is 3.79. The minimum absolute atomic E-state index is 0.0403. The van der Waals surface area contributed by atoms with Crippen LogP contribution in [0, 0.1) is 5.82 Å². The van der Waals surface area contributed by atoms with E-state index in [9.17, 15) is 4.39 Å². The molecule has 0 radical (unpaired) electrons. The van der Waals surface area contributed by atoms with Gasteiger partial charge < -0.3 is 10.0 Å². The maximum Gasteiger partial charge on any atom is 0.491 e. The highest BCUT2D eigenvalue weighted by molar-refractivity contribution is 6.59. The Labute approximate surface area is 78.7 Å². The van der Waals surface area contributed by atoms with E-state index < -0.39 is 12.9 Å². The zero-order chi connectivity index (χ0) is 9.30. The summed E-state index contributed by atoms with van der Waals surface area (Å²) >= 11 is 10.9. The number of benzene rings is 1. The number of hydrogen-bond donors (Lipinski definition) is 2. The molecule has 6 heteroatoms. The summed E-state index contributed by atoms with van der Waals surface area (Å²) in [5, 5.41) is 17.0. The van der Waals surface area contributed by atoms with Gasteiger partial charge in [-0.25, -0.2) is 4.39 Å². The van der Waals surface area contributed by atoms with Gasteiger partial charge in [0.1, 0.15) is 5.82 Å². The van der Waals surface area contributed by atoms with Gasteiger partial charge in [0.05, 0.1) is 10.0 Å². The van der Waals surface area contributed by atoms with E-state index in [0.717, 1.165) is 6.07 Å². The summed E-state index contributed by atoms with van der Waals surface area (Å²) in [6, 6.07) is 2.45. The molecule has 12 heavy (non-hydrogen) atoms. The monoisotopic (exact) mass is 208 g/mol. The summed E-state index contributed by atoms with van der Waals surface area (Å²) in [6.45, 7) is 0. The molecule has 0 aliphatic carbocycles. The van der Waals surface area contributed by atoms with Crippen molar-refractivity contribution in [2.75, 3.05) is 0 Å². The molecule has 1 aromatic rings. The molecule has 0 bridgehead atoms. The highest BCUT2D eigenvalue weighted by atomic mass is 35.5. The first kappa shape index (κ1) is 9.80. The van der Waals surface area contributed by atoms with Gasteiger partial charge in [0.15, 0.2) is 0 Å². The smallest absolute Gasteiger partial charge is 0.423 e. The van der Waals surface area contributed by atoms with Crippen molar-refractivity contribution in [1.29, 1.82) is 0 Å². The summed E-state index contributed by atoms with van der Waals surface area (Å²) in [5.74, 6) is -0.904. The Bertz CT molecular complexity index is 306. The first-order chi connectivity index (χ1) is 5.54. The van der Waals surface area contributed by atoms with E-state index >= 15 is 0 Å². The van der Waals surface area contributed by atoms with E-state index in [2.05, 4.69) is 0 Å². The second kappa shape index (κ2) is 3.62. The number of hydrogen-bond acceptors (Lipinski definition) is 2. The molecule has 0 saturated carbocycles. The van der Waals surface area contributed by atoms with Crippen LogP contribution in [0.1, 0.15) is 0 Å². The van der Waals surface area contributed by atoms with Crippen molar-refractivity contribution in [3.8, 4) is 0 Å². The normalized spacial score (nSPS) is 10.1. The summed E-state index contributed by atoms with van der Waals surface area (Å²) in [7, 11) is -1.88.